The lowest BCUT2D eigenvalue weighted by Gasteiger charge is -2.25. The summed E-state index contributed by atoms with van der Waals surface area (Å²) in [6.45, 7) is 4.28. The second-order valence-electron chi connectivity index (χ2n) is 6.48. The van der Waals surface area contributed by atoms with Crippen molar-refractivity contribution in [2.45, 2.75) is 31.8 Å². The Kier molecular flexibility index (Phi) is 4.64. The van der Waals surface area contributed by atoms with Crippen LogP contribution in [-0.2, 0) is 4.74 Å². The smallest absolute Gasteiger partial charge is 0.410 e. The molecule has 2 saturated heterocycles. The van der Waals surface area contributed by atoms with Gasteiger partial charge in [-0.2, -0.15) is 0 Å². The van der Waals surface area contributed by atoms with Gasteiger partial charge in [0.25, 0.3) is 5.91 Å². The molecule has 2 aliphatic heterocycles. The maximum Gasteiger partial charge on any atom is 0.410 e. The minimum atomic E-state index is -0.444. The molecule has 0 bridgehead atoms. The number of likely N-dealkylation sites (N-methyl/N-ethyl adjacent to an activating group) is 1. The van der Waals surface area contributed by atoms with Gasteiger partial charge in [-0.05, 0) is 31.9 Å². The van der Waals surface area contributed by atoms with Crippen LogP contribution in [0.2, 0.25) is 0 Å². The summed E-state index contributed by atoms with van der Waals surface area (Å²) in [6.07, 6.45) is 2.02. The zero-order valence-corrected chi connectivity index (χ0v) is 14.3. The van der Waals surface area contributed by atoms with E-state index in [9.17, 15) is 9.59 Å². The molecule has 3 rings (SSSR count). The second kappa shape index (κ2) is 6.71. The highest BCUT2D eigenvalue weighted by molar-refractivity contribution is 5.97. The third kappa shape index (κ3) is 3.18. The monoisotopic (exact) mass is 332 g/mol. The number of hydrogen-bond acceptors (Lipinski definition) is 4. The number of amides is 2. The first-order valence-electron chi connectivity index (χ1n) is 8.50. The van der Waals surface area contributed by atoms with Gasteiger partial charge in [0.15, 0.2) is 0 Å². The first-order valence-corrected chi connectivity index (χ1v) is 8.50. The molecule has 0 aromatic heterocycles. The highest BCUT2D eigenvalue weighted by Gasteiger charge is 2.44. The van der Waals surface area contributed by atoms with Crippen molar-refractivity contribution in [1.82, 2.24) is 9.80 Å². The van der Waals surface area contributed by atoms with Gasteiger partial charge < -0.3 is 19.3 Å². The van der Waals surface area contributed by atoms with E-state index in [0.29, 0.717) is 44.0 Å². The Morgan fingerprint density at radius 3 is 2.79 bits per heavy atom. The highest BCUT2D eigenvalue weighted by atomic mass is 16.6. The SMILES string of the molecule is CCOc1ccccc1C(=O)N1CCCC2(CC1)CN(C)C(=O)O2. The van der Waals surface area contributed by atoms with Gasteiger partial charge in [0, 0.05) is 26.6 Å². The van der Waals surface area contributed by atoms with Gasteiger partial charge >= 0.3 is 6.09 Å². The standard InChI is InChI=1S/C18H24N2O4/c1-3-23-15-8-5-4-7-14(15)16(21)20-11-6-9-18(10-12-20)13-19(2)17(22)24-18/h4-5,7-8H,3,6,9-13H2,1-2H3. The minimum Gasteiger partial charge on any atom is -0.493 e. The topological polar surface area (TPSA) is 59.1 Å². The number of nitrogens with zero attached hydrogens (tertiary/aromatic N) is 2. The van der Waals surface area contributed by atoms with E-state index in [1.54, 1.807) is 18.0 Å². The van der Waals surface area contributed by atoms with E-state index >= 15 is 0 Å². The zero-order chi connectivity index (χ0) is 17.2. The van der Waals surface area contributed by atoms with Crippen LogP contribution in [0.3, 0.4) is 0 Å². The Labute approximate surface area is 142 Å². The molecule has 2 fully saturated rings. The Hall–Kier alpha value is -2.24. The first kappa shape index (κ1) is 16.6. The van der Waals surface area contributed by atoms with Crippen molar-refractivity contribution in [3.8, 4) is 5.75 Å². The lowest BCUT2D eigenvalue weighted by molar-refractivity contribution is 0.0438. The normalized spacial score (nSPS) is 24.0. The van der Waals surface area contributed by atoms with Gasteiger partial charge in [0.05, 0.1) is 18.7 Å². The molecule has 1 aromatic rings. The van der Waals surface area contributed by atoms with Gasteiger partial charge in [0.1, 0.15) is 11.4 Å². The number of likely N-dealkylation sites (tertiary alicyclic amines) is 1. The van der Waals surface area contributed by atoms with E-state index < -0.39 is 5.60 Å². The summed E-state index contributed by atoms with van der Waals surface area (Å²) in [7, 11) is 1.75. The third-order valence-corrected chi connectivity index (χ3v) is 4.74. The molecule has 130 valence electrons. The van der Waals surface area contributed by atoms with Crippen LogP contribution in [0.15, 0.2) is 24.3 Å². The number of hydrogen-bond donors (Lipinski definition) is 0. The van der Waals surface area contributed by atoms with Gasteiger partial charge in [-0.3, -0.25) is 4.79 Å². The molecule has 1 unspecified atom stereocenters. The van der Waals surface area contributed by atoms with E-state index in [2.05, 4.69) is 0 Å². The maximum absolute atomic E-state index is 12.9. The van der Waals surface area contributed by atoms with Crippen molar-refractivity contribution in [2.75, 3.05) is 33.3 Å². The van der Waals surface area contributed by atoms with Gasteiger partial charge in [0.2, 0.25) is 0 Å². The molecule has 1 atom stereocenters. The molecule has 0 aliphatic carbocycles. The predicted octanol–water partition coefficient (Wildman–Crippen LogP) is 2.53. The van der Waals surface area contributed by atoms with E-state index in [1.807, 2.05) is 30.0 Å². The molecule has 2 heterocycles. The quantitative estimate of drug-likeness (QED) is 0.853. The van der Waals surface area contributed by atoms with Crippen LogP contribution < -0.4 is 4.74 Å². The molecule has 0 saturated carbocycles. The number of benzene rings is 1. The van der Waals surface area contributed by atoms with Crippen LogP contribution in [0.5, 0.6) is 5.75 Å². The Morgan fingerprint density at radius 1 is 1.29 bits per heavy atom. The molecule has 6 nitrogen and oxygen atoms in total. The third-order valence-electron chi connectivity index (χ3n) is 4.74. The van der Waals surface area contributed by atoms with Crippen molar-refractivity contribution in [3.05, 3.63) is 29.8 Å². The molecule has 24 heavy (non-hydrogen) atoms. The molecule has 0 N–H and O–H groups in total. The molecule has 2 aliphatic rings. The molecule has 0 radical (unpaired) electrons. The molecule has 6 heteroatoms. The van der Waals surface area contributed by atoms with E-state index in [1.165, 1.54) is 0 Å². The molecule has 1 aromatic carbocycles. The van der Waals surface area contributed by atoms with Gasteiger partial charge in [-0.25, -0.2) is 4.79 Å². The Bertz CT molecular complexity index is 633. The minimum absolute atomic E-state index is 0.0196. The molecular formula is C18H24N2O4. The number of carbonyl (C=O) groups excluding carboxylic acids is 2. The number of para-hydroxylation sites is 1. The van der Waals surface area contributed by atoms with E-state index in [-0.39, 0.29) is 12.0 Å². The average Bonchev–Trinajstić information content (AvgIpc) is 2.73. The zero-order valence-electron chi connectivity index (χ0n) is 14.3. The van der Waals surface area contributed by atoms with Crippen molar-refractivity contribution in [2.24, 2.45) is 0 Å². The van der Waals surface area contributed by atoms with E-state index in [4.69, 9.17) is 9.47 Å². The van der Waals surface area contributed by atoms with Crippen LogP contribution in [-0.4, -0.2) is 60.7 Å². The summed E-state index contributed by atoms with van der Waals surface area (Å²) in [5, 5.41) is 0. The Balaban J connectivity index is 1.73. The molecule has 1 spiro atoms. The summed E-state index contributed by atoms with van der Waals surface area (Å²) in [4.78, 5) is 28.1. The first-order chi connectivity index (χ1) is 11.5. The van der Waals surface area contributed by atoms with Crippen molar-refractivity contribution in [1.29, 1.82) is 0 Å². The summed E-state index contributed by atoms with van der Waals surface area (Å²) in [6, 6.07) is 7.34. The van der Waals surface area contributed by atoms with Crippen molar-refractivity contribution >= 4 is 12.0 Å². The Morgan fingerprint density at radius 2 is 2.08 bits per heavy atom. The summed E-state index contributed by atoms with van der Waals surface area (Å²) in [5.74, 6) is 0.602. The summed E-state index contributed by atoms with van der Waals surface area (Å²) in [5.41, 5.74) is 0.149. The number of carbonyl (C=O) groups is 2. The predicted molar refractivity (Wildman–Crippen MR) is 89.2 cm³/mol. The van der Waals surface area contributed by atoms with Crippen LogP contribution >= 0.6 is 0 Å². The lowest BCUT2D eigenvalue weighted by atomic mass is 9.95. The van der Waals surface area contributed by atoms with Gasteiger partial charge in [-0.15, -0.1) is 0 Å². The van der Waals surface area contributed by atoms with Crippen LogP contribution in [0.4, 0.5) is 4.79 Å². The molecular weight excluding hydrogens is 308 g/mol. The maximum atomic E-state index is 12.9. The van der Waals surface area contributed by atoms with Gasteiger partial charge in [-0.1, -0.05) is 12.1 Å². The fraction of sp³-hybridized carbons (Fsp3) is 0.556. The van der Waals surface area contributed by atoms with Crippen LogP contribution in [0.1, 0.15) is 36.5 Å². The number of ether oxygens (including phenoxy) is 2. The van der Waals surface area contributed by atoms with Crippen molar-refractivity contribution in [3.63, 3.8) is 0 Å². The van der Waals surface area contributed by atoms with E-state index in [0.717, 1.165) is 12.8 Å². The average molecular weight is 332 g/mol. The van der Waals surface area contributed by atoms with Crippen LogP contribution in [0, 0.1) is 0 Å². The summed E-state index contributed by atoms with van der Waals surface area (Å²) >= 11 is 0. The lowest BCUT2D eigenvalue weighted by Crippen LogP contribution is -2.37. The summed E-state index contributed by atoms with van der Waals surface area (Å²) < 4.78 is 11.2. The number of rotatable bonds is 3. The fourth-order valence-electron chi connectivity index (χ4n) is 3.52. The largest absolute Gasteiger partial charge is 0.493 e. The van der Waals surface area contributed by atoms with Crippen LogP contribution in [0.25, 0.3) is 0 Å². The van der Waals surface area contributed by atoms with Crippen molar-refractivity contribution < 1.29 is 19.1 Å². The second-order valence-corrected chi connectivity index (χ2v) is 6.48. The fourth-order valence-corrected chi connectivity index (χ4v) is 3.52. The molecule has 2 amide bonds. The highest BCUT2D eigenvalue weighted by Crippen LogP contribution is 2.33.